The van der Waals surface area contributed by atoms with Crippen LogP contribution in [0.4, 0.5) is 0 Å². The van der Waals surface area contributed by atoms with Crippen molar-refractivity contribution in [2.24, 2.45) is 29.1 Å². The molecule has 9 atom stereocenters. The Hall–Kier alpha value is -2.72. The normalized spacial score (nSPS) is 41.5. The zero-order valence-electron chi connectivity index (χ0n) is 31.6. The second-order valence-electron chi connectivity index (χ2n) is 16.5. The fourth-order valence-electron chi connectivity index (χ4n) is 8.79. The molecule has 0 radical (unpaired) electrons. The lowest BCUT2D eigenvalue weighted by Gasteiger charge is -2.50. The van der Waals surface area contributed by atoms with Gasteiger partial charge in [-0.15, -0.1) is 0 Å². The summed E-state index contributed by atoms with van der Waals surface area (Å²) in [6.07, 6.45) is 5.25. The van der Waals surface area contributed by atoms with Gasteiger partial charge in [0.25, 0.3) is 0 Å². The molecule has 2 aliphatic heterocycles. The number of allylic oxidation sites excluding steroid dienone is 7. The number of hydrogen-bond acceptors (Lipinski definition) is 9. The molecule has 2 aliphatic carbocycles. The van der Waals surface area contributed by atoms with Crippen molar-refractivity contribution in [3.63, 3.8) is 0 Å². The summed E-state index contributed by atoms with van der Waals surface area (Å²) in [5.74, 6) is -4.06. The van der Waals surface area contributed by atoms with E-state index in [0.717, 1.165) is 16.7 Å². The Balaban J connectivity index is 2.00. The van der Waals surface area contributed by atoms with Gasteiger partial charge in [-0.2, -0.15) is 0 Å². The van der Waals surface area contributed by atoms with Crippen LogP contribution in [0.2, 0.25) is 0 Å². The van der Waals surface area contributed by atoms with Gasteiger partial charge in [0.15, 0.2) is 11.6 Å². The highest BCUT2D eigenvalue weighted by Crippen LogP contribution is 2.55. The van der Waals surface area contributed by atoms with Crippen molar-refractivity contribution >= 4 is 23.3 Å². The minimum atomic E-state index is -1.71. The van der Waals surface area contributed by atoms with E-state index in [-0.39, 0.29) is 49.0 Å². The topological polar surface area (TPSA) is 147 Å². The molecule has 0 unspecified atom stereocenters. The minimum absolute atomic E-state index is 0.00490. The molecular formula is C41H60O9. The molecule has 0 spiro atoms. The molecule has 2 bridgehead atoms. The number of esters is 1. The van der Waals surface area contributed by atoms with Crippen LogP contribution in [0.3, 0.4) is 0 Å². The van der Waals surface area contributed by atoms with E-state index in [2.05, 4.69) is 0 Å². The number of carbonyl (C=O) groups is 4. The second-order valence-corrected chi connectivity index (χ2v) is 16.5. The van der Waals surface area contributed by atoms with E-state index < -0.39 is 58.7 Å². The number of ketones is 3. The number of hydrogen-bond donors (Lipinski definition) is 3. The van der Waals surface area contributed by atoms with Gasteiger partial charge in [0.2, 0.25) is 0 Å². The molecular weight excluding hydrogens is 636 g/mol. The summed E-state index contributed by atoms with van der Waals surface area (Å²) >= 11 is 0. The first-order chi connectivity index (χ1) is 23.3. The van der Waals surface area contributed by atoms with Gasteiger partial charge in [-0.25, -0.2) is 0 Å². The highest BCUT2D eigenvalue weighted by atomic mass is 16.5. The number of Topliss-reactive ketones (excluding diaryl/α,β-unsaturated/α-hetero) is 2. The number of rotatable bonds is 2. The van der Waals surface area contributed by atoms with Crippen LogP contribution in [-0.4, -0.2) is 75.3 Å². The van der Waals surface area contributed by atoms with Crippen molar-refractivity contribution in [1.82, 2.24) is 0 Å². The first kappa shape index (κ1) is 40.1. The van der Waals surface area contributed by atoms with Crippen LogP contribution in [0, 0.1) is 29.1 Å². The lowest BCUT2D eigenvalue weighted by atomic mass is 9.53. The number of ether oxygens (including phenoxy) is 2. The largest absolute Gasteiger partial charge is 0.469 e. The van der Waals surface area contributed by atoms with Crippen LogP contribution in [0.1, 0.15) is 120 Å². The second kappa shape index (κ2) is 15.5. The Morgan fingerprint density at radius 2 is 1.64 bits per heavy atom. The van der Waals surface area contributed by atoms with Crippen molar-refractivity contribution in [2.45, 2.75) is 149 Å². The molecule has 4 aliphatic rings. The Bertz CT molecular complexity index is 1470. The van der Waals surface area contributed by atoms with Crippen LogP contribution in [0.5, 0.6) is 0 Å². The molecule has 9 nitrogen and oxygen atoms in total. The summed E-state index contributed by atoms with van der Waals surface area (Å²) in [5.41, 5.74) is -0.799. The molecule has 0 aromatic heterocycles. The molecule has 1 saturated heterocycles. The van der Waals surface area contributed by atoms with E-state index in [9.17, 15) is 34.5 Å². The minimum Gasteiger partial charge on any atom is -0.469 e. The van der Waals surface area contributed by atoms with Gasteiger partial charge in [0, 0.05) is 30.6 Å². The standard InChI is InChI=1S/C41H60O9/c1-23(2)28-20-32(42)26(5)12-10-11-24(3)18-33(43)31-19-27(6)29-21-35(45)40(8,48)37-15-16-39(7,47)36(50-37)14-13-25(4)17-30(29)41(31,22-34(28)44)38(46)49-9/h12,17-18,23,28,30-31,35-37,45,47-48H,10-11,13-16,19-22H2,1-9H3/b24-18-,25-17-,26-12-/t28-,30-,31+,35-,36-,37+,39+,40-,41-/m0/s1. The average Bonchev–Trinajstić information content (AvgIpc) is 3.03. The maximum absolute atomic E-state index is 14.6. The summed E-state index contributed by atoms with van der Waals surface area (Å²) in [7, 11) is 1.27. The number of carbonyl (C=O) groups excluding carboxylic acids is 4. The summed E-state index contributed by atoms with van der Waals surface area (Å²) in [6, 6.07) is 0. The Labute approximate surface area is 298 Å². The molecule has 4 rings (SSSR count). The molecule has 50 heavy (non-hydrogen) atoms. The summed E-state index contributed by atoms with van der Waals surface area (Å²) in [5, 5.41) is 34.9. The smallest absolute Gasteiger partial charge is 0.313 e. The van der Waals surface area contributed by atoms with Crippen LogP contribution in [0.25, 0.3) is 0 Å². The highest BCUT2D eigenvalue weighted by molar-refractivity contribution is 6.02. The molecule has 0 saturated carbocycles. The van der Waals surface area contributed by atoms with Gasteiger partial charge in [-0.05, 0) is 110 Å². The number of aliphatic hydroxyl groups is 3. The lowest BCUT2D eigenvalue weighted by molar-refractivity contribution is -0.234. The molecule has 0 aromatic rings. The zero-order chi connectivity index (χ0) is 37.3. The Morgan fingerprint density at radius 1 is 0.960 bits per heavy atom. The van der Waals surface area contributed by atoms with E-state index in [1.165, 1.54) is 7.11 Å². The summed E-state index contributed by atoms with van der Waals surface area (Å²) in [6.45, 7) is 14.5. The van der Waals surface area contributed by atoms with Gasteiger partial charge in [-0.1, -0.05) is 48.3 Å². The van der Waals surface area contributed by atoms with Crippen molar-refractivity contribution in [3.05, 3.63) is 46.1 Å². The van der Waals surface area contributed by atoms with E-state index in [0.29, 0.717) is 49.7 Å². The highest BCUT2D eigenvalue weighted by Gasteiger charge is 2.60. The molecule has 9 heteroatoms. The third-order valence-electron chi connectivity index (χ3n) is 12.4. The number of fused-ring (bicyclic) bond motifs is 5. The van der Waals surface area contributed by atoms with Crippen LogP contribution >= 0.6 is 0 Å². The predicted molar refractivity (Wildman–Crippen MR) is 191 cm³/mol. The summed E-state index contributed by atoms with van der Waals surface area (Å²) < 4.78 is 11.9. The van der Waals surface area contributed by atoms with Gasteiger partial charge in [-0.3, -0.25) is 19.2 Å². The molecule has 3 N–H and O–H groups in total. The van der Waals surface area contributed by atoms with Gasteiger partial charge in [0.05, 0.1) is 36.4 Å². The lowest BCUT2D eigenvalue weighted by Crippen LogP contribution is -2.59. The average molecular weight is 697 g/mol. The van der Waals surface area contributed by atoms with Gasteiger partial charge >= 0.3 is 5.97 Å². The Morgan fingerprint density at radius 3 is 2.28 bits per heavy atom. The summed E-state index contributed by atoms with van der Waals surface area (Å²) in [4.78, 5) is 57.1. The SMILES string of the molecule is COC(=O)[C@]12CC(=O)[C@H](C(C)C)CC(=O)/C(C)=C\CC/C(C)=C\C(=O)[C@H]1CC(C)=C1C[C@H](O)[C@](C)(O)[C@H]3CC[C@@](C)(O)[C@H](CC/C(C)=C\[C@@H]12)O3. The fraction of sp³-hybridized carbons (Fsp3) is 0.707. The number of methoxy groups -OCH3 is 1. The third-order valence-corrected chi connectivity index (χ3v) is 12.4. The predicted octanol–water partition coefficient (Wildman–Crippen LogP) is 6.09. The molecule has 2 heterocycles. The van der Waals surface area contributed by atoms with Crippen LogP contribution < -0.4 is 0 Å². The van der Waals surface area contributed by atoms with Gasteiger partial charge < -0.3 is 24.8 Å². The van der Waals surface area contributed by atoms with E-state index in [1.807, 2.05) is 46.8 Å². The molecule has 1 fully saturated rings. The van der Waals surface area contributed by atoms with Crippen molar-refractivity contribution in [3.8, 4) is 0 Å². The third kappa shape index (κ3) is 8.01. The van der Waals surface area contributed by atoms with Crippen LogP contribution in [0.15, 0.2) is 46.1 Å². The monoisotopic (exact) mass is 696 g/mol. The Kier molecular flexibility index (Phi) is 12.4. The zero-order valence-corrected chi connectivity index (χ0v) is 31.6. The molecule has 0 aromatic carbocycles. The van der Waals surface area contributed by atoms with Gasteiger partial charge in [0.1, 0.15) is 11.4 Å². The van der Waals surface area contributed by atoms with Crippen molar-refractivity contribution in [2.75, 3.05) is 7.11 Å². The van der Waals surface area contributed by atoms with Crippen LogP contribution in [-0.2, 0) is 28.7 Å². The fourth-order valence-corrected chi connectivity index (χ4v) is 8.79. The van der Waals surface area contributed by atoms with Crippen molar-refractivity contribution in [1.29, 1.82) is 0 Å². The van der Waals surface area contributed by atoms with E-state index >= 15 is 0 Å². The van der Waals surface area contributed by atoms with Crippen molar-refractivity contribution < 1.29 is 44.0 Å². The van der Waals surface area contributed by atoms with E-state index in [4.69, 9.17) is 9.47 Å². The first-order valence-electron chi connectivity index (χ1n) is 18.4. The molecule has 278 valence electrons. The maximum atomic E-state index is 14.6. The quantitative estimate of drug-likeness (QED) is 0.231. The molecule has 0 amide bonds. The first-order valence-corrected chi connectivity index (χ1v) is 18.4. The van der Waals surface area contributed by atoms with E-state index in [1.54, 1.807) is 26.8 Å². The number of aliphatic hydroxyl groups excluding tert-OH is 1. The maximum Gasteiger partial charge on any atom is 0.313 e.